The van der Waals surface area contributed by atoms with Gasteiger partial charge in [-0.3, -0.25) is 4.79 Å². The second kappa shape index (κ2) is 15.7. The van der Waals surface area contributed by atoms with Gasteiger partial charge in [-0.15, -0.1) is 0 Å². The van der Waals surface area contributed by atoms with Crippen LogP contribution in [0.25, 0.3) is 0 Å². The van der Waals surface area contributed by atoms with Crippen LogP contribution in [0.1, 0.15) is 114 Å². The van der Waals surface area contributed by atoms with Crippen LogP contribution in [0.5, 0.6) is 0 Å². The molecule has 0 saturated heterocycles. The van der Waals surface area contributed by atoms with Crippen LogP contribution in [-0.4, -0.2) is 11.1 Å². The van der Waals surface area contributed by atoms with Crippen molar-refractivity contribution >= 4 is 5.97 Å². The van der Waals surface area contributed by atoms with Crippen LogP contribution in [0.4, 0.5) is 0 Å². The molecule has 0 bridgehead atoms. The number of carboxylic acid groups (broad SMARTS) is 1. The highest BCUT2D eigenvalue weighted by Gasteiger charge is 2.05. The Morgan fingerprint density at radius 1 is 0.741 bits per heavy atom. The minimum Gasteiger partial charge on any atom is -0.481 e. The summed E-state index contributed by atoms with van der Waals surface area (Å²) in [5.41, 5.74) is 4.10. The van der Waals surface area contributed by atoms with E-state index in [1.54, 1.807) is 0 Å². The lowest BCUT2D eigenvalue weighted by Crippen LogP contribution is -1.99. The first kappa shape index (κ1) is 23.7. The van der Waals surface area contributed by atoms with Crippen molar-refractivity contribution in [3.05, 3.63) is 34.9 Å². The Balaban J connectivity index is 2.11. The first-order valence-corrected chi connectivity index (χ1v) is 11.4. The van der Waals surface area contributed by atoms with E-state index < -0.39 is 5.97 Å². The average molecular weight is 375 g/mol. The fourth-order valence-electron chi connectivity index (χ4n) is 3.82. The molecule has 1 N–H and O–H groups in total. The molecule has 2 nitrogen and oxygen atoms in total. The maximum Gasteiger partial charge on any atom is 0.303 e. The van der Waals surface area contributed by atoms with Gasteiger partial charge in [0.15, 0.2) is 0 Å². The molecular weight excluding hydrogens is 332 g/mol. The van der Waals surface area contributed by atoms with Gasteiger partial charge < -0.3 is 5.11 Å². The predicted octanol–water partition coefficient (Wildman–Crippen LogP) is 7.65. The number of rotatable bonds is 17. The van der Waals surface area contributed by atoms with Crippen molar-refractivity contribution in [2.45, 2.75) is 117 Å². The van der Waals surface area contributed by atoms with Crippen molar-refractivity contribution in [1.82, 2.24) is 0 Å². The number of carboxylic acids is 1. The number of hydrogen-bond acceptors (Lipinski definition) is 1. The molecule has 0 atom stereocenters. The van der Waals surface area contributed by atoms with Crippen molar-refractivity contribution in [2.75, 3.05) is 0 Å². The molecule has 0 radical (unpaired) electrons. The lowest BCUT2D eigenvalue weighted by molar-refractivity contribution is -0.137. The minimum atomic E-state index is -0.690. The average Bonchev–Trinajstić information content (AvgIpc) is 2.64. The van der Waals surface area contributed by atoms with Crippen LogP contribution in [-0.2, 0) is 17.6 Å². The first-order chi connectivity index (χ1) is 13.1. The van der Waals surface area contributed by atoms with Gasteiger partial charge in [-0.25, -0.2) is 0 Å². The second-order valence-corrected chi connectivity index (χ2v) is 8.16. The summed E-state index contributed by atoms with van der Waals surface area (Å²) in [6.07, 6.45) is 19.6. The zero-order valence-corrected chi connectivity index (χ0v) is 17.9. The summed E-state index contributed by atoms with van der Waals surface area (Å²) in [4.78, 5) is 10.7. The lowest BCUT2D eigenvalue weighted by Gasteiger charge is -2.11. The maximum atomic E-state index is 10.7. The summed E-state index contributed by atoms with van der Waals surface area (Å²) in [5, 5.41) is 8.83. The number of benzene rings is 1. The van der Waals surface area contributed by atoms with Gasteiger partial charge in [0.1, 0.15) is 0 Å². The fraction of sp³-hybridized carbons (Fsp3) is 0.720. The number of carbonyl (C=O) groups is 1. The Hall–Kier alpha value is -1.31. The highest BCUT2D eigenvalue weighted by molar-refractivity contribution is 5.66. The van der Waals surface area contributed by atoms with Crippen molar-refractivity contribution in [2.24, 2.45) is 0 Å². The van der Waals surface area contributed by atoms with Crippen LogP contribution in [0, 0.1) is 6.92 Å². The van der Waals surface area contributed by atoms with Gasteiger partial charge in [0.05, 0.1) is 0 Å². The molecule has 0 unspecified atom stereocenters. The summed E-state index contributed by atoms with van der Waals surface area (Å²) in [6, 6.07) is 6.66. The van der Waals surface area contributed by atoms with Crippen molar-refractivity contribution in [3.8, 4) is 0 Å². The van der Waals surface area contributed by atoms with Gasteiger partial charge >= 0.3 is 5.97 Å². The molecule has 154 valence electrons. The molecule has 0 heterocycles. The minimum absolute atomic E-state index is 0.270. The van der Waals surface area contributed by atoms with Crippen molar-refractivity contribution < 1.29 is 9.90 Å². The molecule has 0 aliphatic rings. The number of aliphatic carboxylic acids is 1. The zero-order chi connectivity index (χ0) is 19.7. The normalized spacial score (nSPS) is 11.0. The predicted molar refractivity (Wildman–Crippen MR) is 117 cm³/mol. The molecule has 2 heteroatoms. The topological polar surface area (TPSA) is 37.3 Å². The van der Waals surface area contributed by atoms with Gasteiger partial charge in [0.25, 0.3) is 0 Å². The maximum absolute atomic E-state index is 10.7. The highest BCUT2D eigenvalue weighted by Crippen LogP contribution is 2.18. The second-order valence-electron chi connectivity index (χ2n) is 8.16. The molecule has 1 rings (SSSR count). The van der Waals surface area contributed by atoms with Gasteiger partial charge in [-0.05, 0) is 43.7 Å². The summed E-state index contributed by atoms with van der Waals surface area (Å²) in [7, 11) is 0. The molecule has 0 aliphatic heterocycles. The van der Waals surface area contributed by atoms with E-state index in [-0.39, 0.29) is 6.42 Å². The van der Waals surface area contributed by atoms with E-state index >= 15 is 0 Å². The van der Waals surface area contributed by atoms with Gasteiger partial charge in [-0.1, -0.05) is 101 Å². The van der Waals surface area contributed by atoms with E-state index in [2.05, 4.69) is 32.0 Å². The fourth-order valence-corrected chi connectivity index (χ4v) is 3.82. The van der Waals surface area contributed by atoms with Gasteiger partial charge in [0.2, 0.25) is 0 Å². The van der Waals surface area contributed by atoms with Crippen molar-refractivity contribution in [1.29, 1.82) is 0 Å². The van der Waals surface area contributed by atoms with Crippen LogP contribution >= 0.6 is 0 Å². The van der Waals surface area contributed by atoms with Gasteiger partial charge in [-0.2, -0.15) is 0 Å². The van der Waals surface area contributed by atoms with E-state index in [1.165, 1.54) is 93.7 Å². The molecule has 1 aromatic rings. The van der Waals surface area contributed by atoms with E-state index in [9.17, 15) is 4.79 Å². The molecule has 0 amide bonds. The molecule has 1 aromatic carbocycles. The molecule has 27 heavy (non-hydrogen) atoms. The largest absolute Gasteiger partial charge is 0.481 e. The summed E-state index contributed by atoms with van der Waals surface area (Å²) >= 11 is 0. The monoisotopic (exact) mass is 374 g/mol. The van der Waals surface area contributed by atoms with E-state index in [0.717, 1.165) is 19.3 Å². The molecule has 0 fully saturated rings. The Morgan fingerprint density at radius 2 is 1.26 bits per heavy atom. The third-order valence-electron chi connectivity index (χ3n) is 5.50. The summed E-state index contributed by atoms with van der Waals surface area (Å²) in [5.74, 6) is -0.690. The van der Waals surface area contributed by atoms with Crippen molar-refractivity contribution in [3.63, 3.8) is 0 Å². The first-order valence-electron chi connectivity index (χ1n) is 11.4. The Morgan fingerprint density at radius 3 is 1.81 bits per heavy atom. The molecular formula is C25H42O2. The third-order valence-corrected chi connectivity index (χ3v) is 5.50. The molecule has 0 aromatic heterocycles. The van der Waals surface area contributed by atoms with Crippen LogP contribution in [0.15, 0.2) is 18.2 Å². The SMILES string of the molecule is CCCCCCCCCCCCCCc1cc(C)ccc1CCCC(=O)O. The number of aryl methyl sites for hydroxylation is 3. The Bertz CT molecular complexity index is 507. The number of unbranched alkanes of at least 4 members (excludes halogenated alkanes) is 11. The van der Waals surface area contributed by atoms with Crippen LogP contribution < -0.4 is 0 Å². The molecule has 0 aliphatic carbocycles. The third kappa shape index (κ3) is 12.7. The van der Waals surface area contributed by atoms with E-state index in [4.69, 9.17) is 5.11 Å². The Kier molecular flexibility index (Phi) is 13.8. The van der Waals surface area contributed by atoms with Crippen LogP contribution in [0.2, 0.25) is 0 Å². The highest BCUT2D eigenvalue weighted by atomic mass is 16.4. The lowest BCUT2D eigenvalue weighted by atomic mass is 9.95. The van der Waals surface area contributed by atoms with Gasteiger partial charge in [0, 0.05) is 6.42 Å². The standard InChI is InChI=1S/C25H42O2/c1-3-4-5-6-7-8-9-10-11-12-13-14-16-24-21-22(2)19-20-23(24)17-15-18-25(26)27/h19-21H,3-18H2,1-2H3,(H,26,27). The molecule has 0 spiro atoms. The number of hydrogen-bond donors (Lipinski definition) is 1. The smallest absolute Gasteiger partial charge is 0.303 e. The van der Waals surface area contributed by atoms with E-state index in [1.807, 2.05) is 0 Å². The summed E-state index contributed by atoms with van der Waals surface area (Å²) in [6.45, 7) is 4.42. The van der Waals surface area contributed by atoms with Crippen LogP contribution in [0.3, 0.4) is 0 Å². The molecule has 0 saturated carbocycles. The Labute approximate surface area is 167 Å². The zero-order valence-electron chi connectivity index (χ0n) is 17.9. The van der Waals surface area contributed by atoms with E-state index in [0.29, 0.717) is 0 Å². The summed E-state index contributed by atoms with van der Waals surface area (Å²) < 4.78 is 0. The quantitative estimate of drug-likeness (QED) is 0.284.